The van der Waals surface area contributed by atoms with E-state index in [-0.39, 0.29) is 24.3 Å². The summed E-state index contributed by atoms with van der Waals surface area (Å²) in [6, 6.07) is 1.59. The molecule has 1 rings (SSSR count). The zero-order chi connectivity index (χ0) is 11.5. The lowest BCUT2D eigenvalue weighted by molar-refractivity contribution is -0.135. The highest BCUT2D eigenvalue weighted by Crippen LogP contribution is 2.24. The lowest BCUT2D eigenvalue weighted by Crippen LogP contribution is -2.08. The van der Waals surface area contributed by atoms with Crippen molar-refractivity contribution in [2.24, 2.45) is 0 Å². The van der Waals surface area contributed by atoms with Gasteiger partial charge >= 0.3 is 6.18 Å². The van der Waals surface area contributed by atoms with Crippen LogP contribution in [0.4, 0.5) is 24.7 Å². The number of aryl methyl sites for hydroxylation is 1. The van der Waals surface area contributed by atoms with E-state index in [1.807, 2.05) is 0 Å². The summed E-state index contributed by atoms with van der Waals surface area (Å²) >= 11 is 0. The number of pyridine rings is 1. The van der Waals surface area contributed by atoms with Crippen LogP contribution in [0.3, 0.4) is 0 Å². The quantitative estimate of drug-likeness (QED) is 0.818. The molecule has 0 aliphatic rings. The molecule has 6 heteroatoms. The molecule has 0 saturated heterocycles. The molecule has 4 N–H and O–H groups in total. The highest BCUT2D eigenvalue weighted by Gasteiger charge is 2.26. The Morgan fingerprint density at radius 2 is 1.93 bits per heavy atom. The van der Waals surface area contributed by atoms with Crippen LogP contribution in [-0.4, -0.2) is 11.2 Å². The van der Waals surface area contributed by atoms with Crippen molar-refractivity contribution in [3.8, 4) is 0 Å². The average molecular weight is 219 g/mol. The minimum absolute atomic E-state index is 0.0111. The predicted octanol–water partition coefficient (Wildman–Crippen LogP) is 2.13. The summed E-state index contributed by atoms with van der Waals surface area (Å²) in [6.07, 6.45) is -3.22. The van der Waals surface area contributed by atoms with Crippen molar-refractivity contribution in [3.63, 3.8) is 0 Å². The van der Waals surface area contributed by atoms with Gasteiger partial charge < -0.3 is 11.5 Å². The topological polar surface area (TPSA) is 64.9 Å². The fraction of sp³-hybridized carbons (Fsp3) is 0.444. The van der Waals surface area contributed by atoms with Gasteiger partial charge in [0.2, 0.25) is 0 Å². The van der Waals surface area contributed by atoms with Crippen molar-refractivity contribution < 1.29 is 13.2 Å². The van der Waals surface area contributed by atoms with Gasteiger partial charge in [-0.15, -0.1) is 0 Å². The summed E-state index contributed by atoms with van der Waals surface area (Å²) in [6.45, 7) is 0. The van der Waals surface area contributed by atoms with Crippen molar-refractivity contribution in [1.29, 1.82) is 0 Å². The molecule has 1 aromatic heterocycles. The van der Waals surface area contributed by atoms with Crippen molar-refractivity contribution in [1.82, 2.24) is 4.98 Å². The van der Waals surface area contributed by atoms with E-state index >= 15 is 0 Å². The van der Waals surface area contributed by atoms with Gasteiger partial charge in [-0.05, 0) is 24.5 Å². The van der Waals surface area contributed by atoms with E-state index in [0.717, 1.165) is 0 Å². The average Bonchev–Trinajstić information content (AvgIpc) is 2.10. The smallest absolute Gasteiger partial charge is 0.389 e. The van der Waals surface area contributed by atoms with Crippen molar-refractivity contribution in [2.45, 2.75) is 25.4 Å². The van der Waals surface area contributed by atoms with E-state index in [0.29, 0.717) is 5.56 Å². The molecule has 0 fully saturated rings. The molecule has 3 nitrogen and oxygen atoms in total. The van der Waals surface area contributed by atoms with Crippen LogP contribution in [0.25, 0.3) is 0 Å². The Morgan fingerprint density at radius 3 is 2.53 bits per heavy atom. The molecule has 1 heterocycles. The van der Waals surface area contributed by atoms with Gasteiger partial charge in [-0.3, -0.25) is 0 Å². The predicted molar refractivity (Wildman–Crippen MR) is 52.1 cm³/mol. The molecule has 0 spiro atoms. The molecular weight excluding hydrogens is 207 g/mol. The van der Waals surface area contributed by atoms with Crippen LogP contribution >= 0.6 is 0 Å². The number of anilines is 2. The van der Waals surface area contributed by atoms with Crippen LogP contribution in [0.1, 0.15) is 18.4 Å². The highest BCUT2D eigenvalue weighted by atomic mass is 19.4. The Bertz CT molecular complexity index is 336. The zero-order valence-electron chi connectivity index (χ0n) is 8.01. The Kier molecular flexibility index (Phi) is 3.39. The third kappa shape index (κ3) is 3.65. The molecule has 0 aliphatic heterocycles. The second-order valence-corrected chi connectivity index (χ2v) is 3.24. The minimum atomic E-state index is -4.12. The van der Waals surface area contributed by atoms with Crippen LogP contribution in [0.15, 0.2) is 12.3 Å². The van der Waals surface area contributed by atoms with Crippen molar-refractivity contribution in [3.05, 3.63) is 17.8 Å². The lowest BCUT2D eigenvalue weighted by atomic mass is 10.1. The highest BCUT2D eigenvalue weighted by molar-refractivity contribution is 5.62. The van der Waals surface area contributed by atoms with Crippen molar-refractivity contribution >= 4 is 11.5 Å². The zero-order valence-corrected chi connectivity index (χ0v) is 8.01. The molecule has 0 atom stereocenters. The summed E-state index contributed by atoms with van der Waals surface area (Å²) in [7, 11) is 0. The van der Waals surface area contributed by atoms with Gasteiger partial charge in [-0.25, -0.2) is 4.98 Å². The first kappa shape index (κ1) is 11.6. The minimum Gasteiger partial charge on any atom is -0.396 e. The van der Waals surface area contributed by atoms with Crippen LogP contribution in [-0.2, 0) is 6.42 Å². The van der Waals surface area contributed by atoms with Gasteiger partial charge in [0.05, 0.1) is 5.69 Å². The second-order valence-electron chi connectivity index (χ2n) is 3.24. The molecule has 84 valence electrons. The first-order valence-electron chi connectivity index (χ1n) is 4.46. The molecule has 0 aromatic carbocycles. The summed E-state index contributed by atoms with van der Waals surface area (Å²) in [5.41, 5.74) is 11.9. The van der Waals surface area contributed by atoms with E-state index in [4.69, 9.17) is 11.5 Å². The van der Waals surface area contributed by atoms with Gasteiger partial charge in [0.15, 0.2) is 0 Å². The maximum Gasteiger partial charge on any atom is 0.389 e. The molecule has 0 amide bonds. The first-order valence-corrected chi connectivity index (χ1v) is 4.46. The van der Waals surface area contributed by atoms with Gasteiger partial charge in [-0.1, -0.05) is 0 Å². The Labute approximate surface area is 85.3 Å². The van der Waals surface area contributed by atoms with Crippen LogP contribution < -0.4 is 11.5 Å². The lowest BCUT2D eigenvalue weighted by Gasteiger charge is -2.08. The molecule has 0 radical (unpaired) electrons. The number of hydrogen-bond acceptors (Lipinski definition) is 3. The number of aromatic nitrogens is 1. The van der Waals surface area contributed by atoms with Crippen LogP contribution in [0, 0.1) is 0 Å². The molecule has 1 aromatic rings. The van der Waals surface area contributed by atoms with Crippen LogP contribution in [0.5, 0.6) is 0 Å². The molecule has 15 heavy (non-hydrogen) atoms. The fourth-order valence-electron chi connectivity index (χ4n) is 1.23. The summed E-state index contributed by atoms with van der Waals surface area (Å²) in [5, 5.41) is 0. The normalized spacial score (nSPS) is 11.7. The molecule has 0 bridgehead atoms. The molecule has 0 aliphatic carbocycles. The summed E-state index contributed by atoms with van der Waals surface area (Å²) < 4.78 is 35.6. The van der Waals surface area contributed by atoms with E-state index in [1.54, 1.807) is 6.07 Å². The van der Waals surface area contributed by atoms with Gasteiger partial charge in [-0.2, -0.15) is 13.2 Å². The number of nitrogens with zero attached hydrogens (tertiary/aromatic N) is 1. The number of nitrogens with two attached hydrogens (primary N) is 2. The number of nitrogen functional groups attached to an aromatic ring is 2. The van der Waals surface area contributed by atoms with Gasteiger partial charge in [0.25, 0.3) is 0 Å². The third-order valence-corrected chi connectivity index (χ3v) is 2.02. The summed E-state index contributed by atoms with van der Waals surface area (Å²) in [5.74, 6) is 0.166. The van der Waals surface area contributed by atoms with Gasteiger partial charge in [0.1, 0.15) is 5.82 Å². The maximum absolute atomic E-state index is 11.9. The molecule has 0 unspecified atom stereocenters. The molecule has 0 saturated carbocycles. The van der Waals surface area contributed by atoms with Crippen LogP contribution in [0.2, 0.25) is 0 Å². The maximum atomic E-state index is 11.9. The van der Waals surface area contributed by atoms with Crippen molar-refractivity contribution in [2.75, 3.05) is 11.5 Å². The fourth-order valence-corrected chi connectivity index (χ4v) is 1.23. The number of halogens is 3. The Balaban J connectivity index is 2.55. The van der Waals surface area contributed by atoms with E-state index in [1.165, 1.54) is 6.20 Å². The first-order chi connectivity index (χ1) is 6.90. The largest absolute Gasteiger partial charge is 0.396 e. The van der Waals surface area contributed by atoms with E-state index in [2.05, 4.69) is 4.98 Å². The number of alkyl halides is 3. The Morgan fingerprint density at radius 1 is 1.27 bits per heavy atom. The summed E-state index contributed by atoms with van der Waals surface area (Å²) in [4.78, 5) is 3.73. The monoisotopic (exact) mass is 219 g/mol. The second kappa shape index (κ2) is 4.37. The Hall–Kier alpha value is -1.46. The standard InChI is InChI=1S/C9H12F3N3/c10-9(11,12)4-1-2-6-3-5-15-8(14)7(6)13/h3,5H,1-2,4,13H2,(H2,14,15). The van der Waals surface area contributed by atoms with Gasteiger partial charge in [0, 0.05) is 12.6 Å². The molecular formula is C9H12F3N3. The number of rotatable bonds is 3. The SMILES string of the molecule is Nc1nccc(CCCC(F)(F)F)c1N. The third-order valence-electron chi connectivity index (χ3n) is 2.02. The van der Waals surface area contributed by atoms with E-state index in [9.17, 15) is 13.2 Å². The van der Waals surface area contributed by atoms with E-state index < -0.39 is 12.6 Å². The number of hydrogen-bond donors (Lipinski definition) is 2.